The van der Waals surface area contributed by atoms with Gasteiger partial charge in [0.25, 0.3) is 0 Å². The second-order valence-corrected chi connectivity index (χ2v) is 4.92. The zero-order valence-electron chi connectivity index (χ0n) is 10.4. The van der Waals surface area contributed by atoms with Gasteiger partial charge in [-0.1, -0.05) is 37.3 Å². The highest BCUT2D eigenvalue weighted by molar-refractivity contribution is 5.20. The van der Waals surface area contributed by atoms with Crippen molar-refractivity contribution >= 4 is 0 Å². The molecule has 0 bridgehead atoms. The molecular weight excluding hydrogens is 212 g/mol. The van der Waals surface area contributed by atoms with Gasteiger partial charge >= 0.3 is 0 Å². The summed E-state index contributed by atoms with van der Waals surface area (Å²) in [6, 6.07) is 10.8. The Bertz CT molecular complexity index is 341. The molecule has 1 aliphatic rings. The van der Waals surface area contributed by atoms with E-state index in [4.69, 9.17) is 5.73 Å². The molecule has 0 aliphatic carbocycles. The maximum Gasteiger partial charge on any atom is 0.0589 e. The number of rotatable bonds is 4. The van der Waals surface area contributed by atoms with Crippen LogP contribution in [0, 0.1) is 5.92 Å². The molecule has 0 radical (unpaired) electrons. The zero-order valence-corrected chi connectivity index (χ0v) is 10.4. The molecule has 0 amide bonds. The molecule has 1 heterocycles. The topological polar surface area (TPSA) is 49.5 Å². The quantitative estimate of drug-likeness (QED) is 0.827. The highest BCUT2D eigenvalue weighted by Gasteiger charge is 2.35. The Morgan fingerprint density at radius 1 is 1.41 bits per heavy atom. The average molecular weight is 234 g/mol. The summed E-state index contributed by atoms with van der Waals surface area (Å²) in [6.07, 6.45) is 1.15. The van der Waals surface area contributed by atoms with E-state index in [2.05, 4.69) is 24.0 Å². The van der Waals surface area contributed by atoms with Gasteiger partial charge < -0.3 is 10.8 Å². The SMILES string of the molecule is CC1CCN(C(CN)c2ccccc2)C1CO. The van der Waals surface area contributed by atoms with E-state index >= 15 is 0 Å². The molecule has 1 aromatic carbocycles. The molecular formula is C14H22N2O. The van der Waals surface area contributed by atoms with E-state index in [0.717, 1.165) is 13.0 Å². The minimum Gasteiger partial charge on any atom is -0.395 e. The summed E-state index contributed by atoms with van der Waals surface area (Å²) in [4.78, 5) is 2.36. The highest BCUT2D eigenvalue weighted by Crippen LogP contribution is 2.31. The Hall–Kier alpha value is -0.900. The first-order valence-corrected chi connectivity index (χ1v) is 6.39. The highest BCUT2D eigenvalue weighted by atomic mass is 16.3. The Kier molecular flexibility index (Phi) is 4.15. The van der Waals surface area contributed by atoms with Gasteiger partial charge in [-0.05, 0) is 24.4 Å². The van der Waals surface area contributed by atoms with Gasteiger partial charge in [0, 0.05) is 18.6 Å². The molecule has 1 saturated heterocycles. The lowest BCUT2D eigenvalue weighted by molar-refractivity contribution is 0.105. The monoisotopic (exact) mass is 234 g/mol. The Morgan fingerprint density at radius 2 is 2.12 bits per heavy atom. The molecule has 3 heteroatoms. The lowest BCUT2D eigenvalue weighted by Gasteiger charge is -2.33. The van der Waals surface area contributed by atoms with Crippen molar-refractivity contribution in [3.63, 3.8) is 0 Å². The zero-order chi connectivity index (χ0) is 12.3. The minimum atomic E-state index is 0.227. The first-order valence-electron chi connectivity index (χ1n) is 6.39. The van der Waals surface area contributed by atoms with E-state index in [0.29, 0.717) is 12.5 Å². The van der Waals surface area contributed by atoms with Crippen LogP contribution in [0.4, 0.5) is 0 Å². The number of aliphatic hydroxyl groups is 1. The molecule has 94 valence electrons. The van der Waals surface area contributed by atoms with Crippen molar-refractivity contribution in [2.24, 2.45) is 11.7 Å². The first-order chi connectivity index (χ1) is 8.27. The second-order valence-electron chi connectivity index (χ2n) is 4.92. The average Bonchev–Trinajstić information content (AvgIpc) is 2.73. The fraction of sp³-hybridized carbons (Fsp3) is 0.571. The van der Waals surface area contributed by atoms with Gasteiger partial charge in [-0.15, -0.1) is 0 Å². The molecule has 17 heavy (non-hydrogen) atoms. The van der Waals surface area contributed by atoms with Gasteiger partial charge in [0.15, 0.2) is 0 Å². The second kappa shape index (κ2) is 5.63. The van der Waals surface area contributed by atoms with Crippen LogP contribution in [0.1, 0.15) is 24.9 Å². The van der Waals surface area contributed by atoms with Crippen molar-refractivity contribution < 1.29 is 5.11 Å². The summed E-state index contributed by atoms with van der Waals surface area (Å²) in [7, 11) is 0. The summed E-state index contributed by atoms with van der Waals surface area (Å²) in [5.74, 6) is 0.553. The summed E-state index contributed by atoms with van der Waals surface area (Å²) in [5, 5.41) is 9.52. The molecule has 0 saturated carbocycles. The molecule has 3 nitrogen and oxygen atoms in total. The number of likely N-dealkylation sites (tertiary alicyclic amines) is 1. The minimum absolute atomic E-state index is 0.227. The largest absolute Gasteiger partial charge is 0.395 e. The predicted octanol–water partition coefficient (Wildman–Crippen LogP) is 1.39. The Morgan fingerprint density at radius 3 is 2.71 bits per heavy atom. The van der Waals surface area contributed by atoms with Gasteiger partial charge in [-0.3, -0.25) is 4.90 Å². The predicted molar refractivity (Wildman–Crippen MR) is 69.6 cm³/mol. The van der Waals surface area contributed by atoms with Crippen LogP contribution < -0.4 is 5.73 Å². The van der Waals surface area contributed by atoms with Crippen LogP contribution in [0.3, 0.4) is 0 Å². The molecule has 3 atom stereocenters. The van der Waals surface area contributed by atoms with Crippen LogP contribution in [0.15, 0.2) is 30.3 Å². The van der Waals surface area contributed by atoms with Gasteiger partial charge in [0.2, 0.25) is 0 Å². The van der Waals surface area contributed by atoms with Crippen LogP contribution in [0.5, 0.6) is 0 Å². The number of nitrogens with two attached hydrogens (primary N) is 1. The fourth-order valence-corrected chi connectivity index (χ4v) is 2.85. The third-order valence-electron chi connectivity index (χ3n) is 3.92. The van der Waals surface area contributed by atoms with Crippen LogP contribution in [0.25, 0.3) is 0 Å². The maximum atomic E-state index is 9.52. The number of nitrogens with zero attached hydrogens (tertiary/aromatic N) is 1. The van der Waals surface area contributed by atoms with Crippen molar-refractivity contribution in [2.45, 2.75) is 25.4 Å². The van der Waals surface area contributed by atoms with E-state index in [-0.39, 0.29) is 18.7 Å². The van der Waals surface area contributed by atoms with E-state index < -0.39 is 0 Å². The van der Waals surface area contributed by atoms with Crippen LogP contribution in [-0.2, 0) is 0 Å². The maximum absolute atomic E-state index is 9.52. The smallest absolute Gasteiger partial charge is 0.0589 e. The Balaban J connectivity index is 2.19. The fourth-order valence-electron chi connectivity index (χ4n) is 2.85. The normalized spacial score (nSPS) is 27.2. The van der Waals surface area contributed by atoms with Crippen LogP contribution >= 0.6 is 0 Å². The molecule has 0 spiro atoms. The molecule has 2 rings (SSSR count). The summed E-state index contributed by atoms with van der Waals surface area (Å²) in [6.45, 7) is 4.07. The van der Waals surface area contributed by atoms with Crippen molar-refractivity contribution in [1.82, 2.24) is 4.90 Å². The summed E-state index contributed by atoms with van der Waals surface area (Å²) >= 11 is 0. The van der Waals surface area contributed by atoms with E-state index in [1.54, 1.807) is 0 Å². The number of hydrogen-bond donors (Lipinski definition) is 2. The first kappa shape index (κ1) is 12.6. The molecule has 3 N–H and O–H groups in total. The van der Waals surface area contributed by atoms with Crippen molar-refractivity contribution in [1.29, 1.82) is 0 Å². The van der Waals surface area contributed by atoms with Crippen molar-refractivity contribution in [3.05, 3.63) is 35.9 Å². The van der Waals surface area contributed by atoms with E-state index in [1.165, 1.54) is 5.56 Å². The molecule has 3 unspecified atom stereocenters. The van der Waals surface area contributed by atoms with Crippen molar-refractivity contribution in [2.75, 3.05) is 19.7 Å². The van der Waals surface area contributed by atoms with Gasteiger partial charge in [0.05, 0.1) is 6.61 Å². The molecule has 1 aromatic rings. The van der Waals surface area contributed by atoms with E-state index in [1.807, 2.05) is 18.2 Å². The lowest BCUT2D eigenvalue weighted by Crippen LogP contribution is -2.41. The van der Waals surface area contributed by atoms with Gasteiger partial charge in [-0.2, -0.15) is 0 Å². The van der Waals surface area contributed by atoms with Crippen molar-refractivity contribution in [3.8, 4) is 0 Å². The van der Waals surface area contributed by atoms with Crippen LogP contribution in [0.2, 0.25) is 0 Å². The Labute approximate surface area is 103 Å². The standard InChI is InChI=1S/C14H22N2O/c1-11-7-8-16(14(11)10-17)13(9-15)12-5-3-2-4-6-12/h2-6,11,13-14,17H,7-10,15H2,1H3. The summed E-state index contributed by atoms with van der Waals surface area (Å²) < 4.78 is 0. The van der Waals surface area contributed by atoms with E-state index in [9.17, 15) is 5.11 Å². The summed E-state index contributed by atoms with van der Waals surface area (Å²) in [5.41, 5.74) is 7.18. The number of benzene rings is 1. The van der Waals surface area contributed by atoms with Gasteiger partial charge in [-0.25, -0.2) is 0 Å². The molecule has 1 fully saturated rings. The lowest BCUT2D eigenvalue weighted by atomic mass is 10.0. The van der Waals surface area contributed by atoms with Crippen LogP contribution in [-0.4, -0.2) is 35.7 Å². The molecule has 1 aliphatic heterocycles. The third-order valence-corrected chi connectivity index (χ3v) is 3.92. The number of hydrogen-bond acceptors (Lipinski definition) is 3. The third kappa shape index (κ3) is 2.51. The van der Waals surface area contributed by atoms with Gasteiger partial charge in [0.1, 0.15) is 0 Å². The molecule has 0 aromatic heterocycles. The number of aliphatic hydroxyl groups excluding tert-OH is 1.